The highest BCUT2D eigenvalue weighted by atomic mass is 16.5. The summed E-state index contributed by atoms with van der Waals surface area (Å²) in [5, 5.41) is 0.909. The van der Waals surface area contributed by atoms with Crippen LogP contribution in [0.15, 0.2) is 76.1 Å². The van der Waals surface area contributed by atoms with Crippen molar-refractivity contribution in [2.24, 2.45) is 0 Å². The van der Waals surface area contributed by atoms with Gasteiger partial charge in [-0.2, -0.15) is 0 Å². The Morgan fingerprint density at radius 3 is 2.70 bits per heavy atom. The van der Waals surface area contributed by atoms with Gasteiger partial charge in [-0.25, -0.2) is 0 Å². The number of benzene rings is 2. The standard InChI is InChI=1S/C24H22N2O4/c1-16-7-3-6-10-21(16)30-15-22-19(11-12-29-22)24(28)26(2)14-17-13-23(27)25-20-9-5-4-8-18(17)20/h3-13H,14-15H2,1-2H3,(H,25,27). The molecule has 0 fully saturated rings. The summed E-state index contributed by atoms with van der Waals surface area (Å²) < 4.78 is 11.3. The first kappa shape index (κ1) is 19.5. The summed E-state index contributed by atoms with van der Waals surface area (Å²) in [6.45, 7) is 2.41. The molecule has 152 valence electrons. The second-order valence-corrected chi connectivity index (χ2v) is 7.18. The zero-order valence-corrected chi connectivity index (χ0v) is 16.8. The number of nitrogens with zero attached hydrogens (tertiary/aromatic N) is 1. The number of ether oxygens (including phenoxy) is 1. The normalized spacial score (nSPS) is 10.9. The number of aromatic amines is 1. The van der Waals surface area contributed by atoms with E-state index in [1.54, 1.807) is 18.0 Å². The average Bonchev–Trinajstić information content (AvgIpc) is 3.21. The maximum atomic E-state index is 13.1. The summed E-state index contributed by atoms with van der Waals surface area (Å²) in [6, 6.07) is 18.4. The highest BCUT2D eigenvalue weighted by molar-refractivity contribution is 5.95. The second-order valence-electron chi connectivity index (χ2n) is 7.18. The van der Waals surface area contributed by atoms with Gasteiger partial charge >= 0.3 is 0 Å². The van der Waals surface area contributed by atoms with Crippen LogP contribution in [0, 0.1) is 6.92 Å². The molecule has 30 heavy (non-hydrogen) atoms. The van der Waals surface area contributed by atoms with E-state index in [1.165, 1.54) is 12.3 Å². The molecule has 0 aliphatic heterocycles. The van der Waals surface area contributed by atoms with Crippen LogP contribution in [0.25, 0.3) is 10.9 Å². The molecule has 0 bridgehead atoms. The number of carbonyl (C=O) groups is 1. The van der Waals surface area contributed by atoms with E-state index in [1.807, 2.05) is 55.5 Å². The van der Waals surface area contributed by atoms with Crippen LogP contribution in [0.3, 0.4) is 0 Å². The van der Waals surface area contributed by atoms with Crippen LogP contribution in [0.2, 0.25) is 0 Å². The molecule has 0 aliphatic rings. The molecule has 1 N–H and O–H groups in total. The van der Waals surface area contributed by atoms with Crippen molar-refractivity contribution < 1.29 is 13.9 Å². The fourth-order valence-corrected chi connectivity index (χ4v) is 3.45. The van der Waals surface area contributed by atoms with Gasteiger partial charge in [-0.1, -0.05) is 36.4 Å². The number of nitrogens with one attached hydrogen (secondary N) is 1. The quantitative estimate of drug-likeness (QED) is 0.522. The van der Waals surface area contributed by atoms with Gasteiger partial charge in [-0.15, -0.1) is 0 Å². The van der Waals surface area contributed by atoms with Crippen molar-refractivity contribution in [2.75, 3.05) is 7.05 Å². The van der Waals surface area contributed by atoms with E-state index in [0.717, 1.165) is 27.8 Å². The lowest BCUT2D eigenvalue weighted by atomic mass is 10.1. The maximum Gasteiger partial charge on any atom is 0.257 e. The Kier molecular flexibility index (Phi) is 5.39. The van der Waals surface area contributed by atoms with Gasteiger partial charge < -0.3 is 19.0 Å². The minimum atomic E-state index is -0.198. The first-order valence-electron chi connectivity index (χ1n) is 9.64. The number of amides is 1. The van der Waals surface area contributed by atoms with Crippen molar-refractivity contribution in [1.82, 2.24) is 9.88 Å². The van der Waals surface area contributed by atoms with Crippen LogP contribution < -0.4 is 10.3 Å². The molecular weight excluding hydrogens is 380 g/mol. The number of furan rings is 1. The van der Waals surface area contributed by atoms with E-state index in [0.29, 0.717) is 17.9 Å². The maximum absolute atomic E-state index is 13.1. The summed E-state index contributed by atoms with van der Waals surface area (Å²) in [4.78, 5) is 29.4. The third kappa shape index (κ3) is 3.98. The predicted molar refractivity (Wildman–Crippen MR) is 115 cm³/mol. The minimum Gasteiger partial charge on any atom is -0.485 e. The zero-order valence-electron chi connectivity index (χ0n) is 16.8. The Hall–Kier alpha value is -3.80. The summed E-state index contributed by atoms with van der Waals surface area (Å²) >= 11 is 0. The highest BCUT2D eigenvalue weighted by Crippen LogP contribution is 2.22. The van der Waals surface area contributed by atoms with E-state index in [2.05, 4.69) is 4.98 Å². The average molecular weight is 402 g/mol. The van der Waals surface area contributed by atoms with Crippen molar-refractivity contribution in [2.45, 2.75) is 20.1 Å². The molecule has 0 saturated carbocycles. The summed E-state index contributed by atoms with van der Waals surface area (Å²) in [5.74, 6) is 1.01. The van der Waals surface area contributed by atoms with E-state index in [9.17, 15) is 9.59 Å². The third-order valence-electron chi connectivity index (χ3n) is 5.02. The molecular formula is C24H22N2O4. The molecule has 0 spiro atoms. The number of aromatic nitrogens is 1. The lowest BCUT2D eigenvalue weighted by Crippen LogP contribution is -2.27. The van der Waals surface area contributed by atoms with E-state index in [-0.39, 0.29) is 18.1 Å². The number of hydrogen-bond acceptors (Lipinski definition) is 4. The Bertz CT molecular complexity index is 1260. The summed E-state index contributed by atoms with van der Waals surface area (Å²) in [6.07, 6.45) is 1.49. The molecule has 4 rings (SSSR count). The number of hydrogen-bond donors (Lipinski definition) is 1. The molecule has 2 aromatic carbocycles. The number of fused-ring (bicyclic) bond motifs is 1. The van der Waals surface area contributed by atoms with Gasteiger partial charge in [-0.05, 0) is 36.2 Å². The van der Waals surface area contributed by atoms with Crippen molar-refractivity contribution in [3.63, 3.8) is 0 Å². The Morgan fingerprint density at radius 2 is 1.87 bits per heavy atom. The summed E-state index contributed by atoms with van der Waals surface area (Å²) in [7, 11) is 1.71. The molecule has 6 heteroatoms. The predicted octanol–water partition coefficient (Wildman–Crippen LogP) is 4.28. The number of H-pyrrole nitrogens is 1. The van der Waals surface area contributed by atoms with Crippen LogP contribution in [0.1, 0.15) is 27.2 Å². The monoisotopic (exact) mass is 402 g/mol. The molecule has 1 amide bonds. The van der Waals surface area contributed by atoms with Crippen LogP contribution in [-0.4, -0.2) is 22.8 Å². The van der Waals surface area contributed by atoms with Crippen LogP contribution >= 0.6 is 0 Å². The Balaban J connectivity index is 1.53. The van der Waals surface area contributed by atoms with Crippen molar-refractivity contribution in [3.8, 4) is 5.75 Å². The number of aryl methyl sites for hydroxylation is 1. The van der Waals surface area contributed by atoms with E-state index in [4.69, 9.17) is 9.15 Å². The highest BCUT2D eigenvalue weighted by Gasteiger charge is 2.20. The summed E-state index contributed by atoms with van der Waals surface area (Å²) in [5.41, 5.74) is 2.79. The number of rotatable bonds is 6. The Labute approximate surface area is 173 Å². The van der Waals surface area contributed by atoms with Gasteiger partial charge in [-0.3, -0.25) is 9.59 Å². The zero-order chi connectivity index (χ0) is 21.1. The fraction of sp³-hybridized carbons (Fsp3) is 0.167. The van der Waals surface area contributed by atoms with Crippen molar-refractivity contribution in [3.05, 3.63) is 99.7 Å². The topological polar surface area (TPSA) is 75.5 Å². The molecule has 2 heterocycles. The number of pyridine rings is 1. The van der Waals surface area contributed by atoms with Crippen LogP contribution in [-0.2, 0) is 13.2 Å². The fourth-order valence-electron chi connectivity index (χ4n) is 3.45. The van der Waals surface area contributed by atoms with Gasteiger partial charge in [0, 0.05) is 30.6 Å². The lowest BCUT2D eigenvalue weighted by Gasteiger charge is -2.18. The SMILES string of the molecule is Cc1ccccc1OCc1occc1C(=O)N(C)Cc1cc(=O)[nH]c2ccccc12. The largest absolute Gasteiger partial charge is 0.485 e. The van der Waals surface area contributed by atoms with Gasteiger partial charge in [0.2, 0.25) is 5.56 Å². The number of para-hydroxylation sites is 2. The van der Waals surface area contributed by atoms with E-state index >= 15 is 0 Å². The molecule has 0 atom stereocenters. The van der Waals surface area contributed by atoms with Crippen molar-refractivity contribution in [1.29, 1.82) is 0 Å². The van der Waals surface area contributed by atoms with Gasteiger partial charge in [0.1, 0.15) is 12.4 Å². The molecule has 2 aromatic heterocycles. The van der Waals surface area contributed by atoms with Crippen LogP contribution in [0.4, 0.5) is 0 Å². The Morgan fingerprint density at radius 1 is 1.10 bits per heavy atom. The van der Waals surface area contributed by atoms with E-state index < -0.39 is 0 Å². The third-order valence-corrected chi connectivity index (χ3v) is 5.02. The second kappa shape index (κ2) is 8.29. The minimum absolute atomic E-state index is 0.153. The molecule has 0 unspecified atom stereocenters. The first-order chi connectivity index (χ1) is 14.5. The molecule has 0 aliphatic carbocycles. The van der Waals surface area contributed by atoms with Gasteiger partial charge in [0.05, 0.1) is 11.8 Å². The molecule has 0 radical (unpaired) electrons. The molecule has 6 nitrogen and oxygen atoms in total. The van der Waals surface area contributed by atoms with Crippen molar-refractivity contribution >= 4 is 16.8 Å². The number of carbonyl (C=O) groups excluding carboxylic acids is 1. The lowest BCUT2D eigenvalue weighted by molar-refractivity contribution is 0.0780. The molecule has 0 saturated heterocycles. The van der Waals surface area contributed by atoms with Gasteiger partial charge in [0.25, 0.3) is 5.91 Å². The smallest absolute Gasteiger partial charge is 0.257 e. The molecule has 4 aromatic rings. The van der Waals surface area contributed by atoms with Gasteiger partial charge in [0.15, 0.2) is 5.76 Å². The van der Waals surface area contributed by atoms with Crippen LogP contribution in [0.5, 0.6) is 5.75 Å². The first-order valence-corrected chi connectivity index (χ1v) is 9.64.